The molecule has 1 aliphatic carbocycles. The van der Waals surface area contributed by atoms with Crippen LogP contribution in [0.3, 0.4) is 0 Å². The number of anilines is 1. The second-order valence-corrected chi connectivity index (χ2v) is 7.21. The SMILES string of the molecule is CN(CC1(c2ccc(Br)cc2)CC1)c1nnc(Cl)cc1C(N)=O. The van der Waals surface area contributed by atoms with Crippen LogP contribution in [0, 0.1) is 0 Å². The zero-order chi connectivity index (χ0) is 16.6. The lowest BCUT2D eigenvalue weighted by molar-refractivity contribution is 0.1000. The van der Waals surface area contributed by atoms with Crippen molar-refractivity contribution in [1.29, 1.82) is 0 Å². The molecule has 0 atom stereocenters. The summed E-state index contributed by atoms with van der Waals surface area (Å²) < 4.78 is 1.06. The molecule has 1 amide bonds. The second kappa shape index (κ2) is 6.09. The molecule has 1 fully saturated rings. The van der Waals surface area contributed by atoms with Crippen LogP contribution in [0.25, 0.3) is 0 Å². The van der Waals surface area contributed by atoms with Crippen molar-refractivity contribution in [2.75, 3.05) is 18.5 Å². The summed E-state index contributed by atoms with van der Waals surface area (Å²) in [7, 11) is 1.89. The molecular weight excluding hydrogens is 380 g/mol. The van der Waals surface area contributed by atoms with Crippen molar-refractivity contribution in [1.82, 2.24) is 10.2 Å². The number of carbonyl (C=O) groups excluding carboxylic acids is 1. The summed E-state index contributed by atoms with van der Waals surface area (Å²) in [6.07, 6.45) is 2.21. The van der Waals surface area contributed by atoms with Crippen LogP contribution in [0.5, 0.6) is 0 Å². The third-order valence-corrected chi connectivity index (χ3v) is 4.93. The Hall–Kier alpha value is -1.66. The normalized spacial score (nSPS) is 15.3. The van der Waals surface area contributed by atoms with E-state index < -0.39 is 5.91 Å². The number of hydrogen-bond acceptors (Lipinski definition) is 4. The molecule has 120 valence electrons. The van der Waals surface area contributed by atoms with Crippen LogP contribution < -0.4 is 10.6 Å². The molecule has 0 aliphatic heterocycles. The van der Waals surface area contributed by atoms with Crippen LogP contribution in [0.1, 0.15) is 28.8 Å². The highest BCUT2D eigenvalue weighted by molar-refractivity contribution is 9.10. The van der Waals surface area contributed by atoms with E-state index in [9.17, 15) is 4.79 Å². The number of likely N-dealkylation sites (N-methyl/N-ethyl adjacent to an activating group) is 1. The molecule has 1 aliphatic rings. The number of nitrogens with zero attached hydrogens (tertiary/aromatic N) is 3. The van der Waals surface area contributed by atoms with Gasteiger partial charge in [-0.25, -0.2) is 0 Å². The minimum atomic E-state index is -0.558. The third-order valence-electron chi connectivity index (χ3n) is 4.22. The highest BCUT2D eigenvalue weighted by Crippen LogP contribution is 2.49. The third kappa shape index (κ3) is 3.33. The molecule has 7 heteroatoms. The van der Waals surface area contributed by atoms with Gasteiger partial charge in [-0.2, -0.15) is 0 Å². The Kier molecular flexibility index (Phi) is 4.29. The average molecular weight is 396 g/mol. The van der Waals surface area contributed by atoms with Gasteiger partial charge >= 0.3 is 0 Å². The molecule has 0 saturated heterocycles. The Balaban J connectivity index is 1.86. The van der Waals surface area contributed by atoms with Gasteiger partial charge in [0, 0.05) is 23.5 Å². The van der Waals surface area contributed by atoms with Gasteiger partial charge in [-0.05, 0) is 36.6 Å². The van der Waals surface area contributed by atoms with E-state index in [4.69, 9.17) is 17.3 Å². The van der Waals surface area contributed by atoms with Gasteiger partial charge in [0.1, 0.15) is 0 Å². The lowest BCUT2D eigenvalue weighted by atomic mass is 9.95. The monoisotopic (exact) mass is 394 g/mol. The zero-order valence-electron chi connectivity index (χ0n) is 12.6. The van der Waals surface area contributed by atoms with Crippen LogP contribution >= 0.6 is 27.5 Å². The van der Waals surface area contributed by atoms with Crippen LogP contribution in [0.4, 0.5) is 5.82 Å². The molecule has 1 heterocycles. The number of amides is 1. The number of carbonyl (C=O) groups is 1. The Morgan fingerprint density at radius 2 is 2.00 bits per heavy atom. The van der Waals surface area contributed by atoms with Crippen LogP contribution in [0.2, 0.25) is 5.15 Å². The van der Waals surface area contributed by atoms with Crippen molar-refractivity contribution in [3.05, 3.63) is 51.1 Å². The van der Waals surface area contributed by atoms with E-state index in [2.05, 4.69) is 38.3 Å². The summed E-state index contributed by atoms with van der Waals surface area (Å²) in [6.45, 7) is 0.741. The predicted molar refractivity (Wildman–Crippen MR) is 93.9 cm³/mol. The maximum atomic E-state index is 11.6. The second-order valence-electron chi connectivity index (χ2n) is 5.91. The zero-order valence-corrected chi connectivity index (χ0v) is 14.9. The molecule has 0 bridgehead atoms. The Bertz CT molecular complexity index is 746. The van der Waals surface area contributed by atoms with Gasteiger partial charge in [0.2, 0.25) is 0 Å². The van der Waals surface area contributed by atoms with Gasteiger partial charge in [0.25, 0.3) is 5.91 Å². The molecule has 0 radical (unpaired) electrons. The van der Waals surface area contributed by atoms with E-state index in [0.29, 0.717) is 11.4 Å². The minimum absolute atomic E-state index is 0.0890. The number of halogens is 2. The Labute approximate surface area is 148 Å². The van der Waals surface area contributed by atoms with Gasteiger partial charge in [0.15, 0.2) is 11.0 Å². The molecule has 5 nitrogen and oxygen atoms in total. The van der Waals surface area contributed by atoms with Crippen LogP contribution in [0.15, 0.2) is 34.8 Å². The van der Waals surface area contributed by atoms with Crippen molar-refractivity contribution in [2.45, 2.75) is 18.3 Å². The summed E-state index contributed by atoms with van der Waals surface area (Å²) in [5.41, 5.74) is 7.10. The number of nitrogens with two attached hydrogens (primary N) is 1. The van der Waals surface area contributed by atoms with Gasteiger partial charge in [-0.3, -0.25) is 4.79 Å². The van der Waals surface area contributed by atoms with Crippen molar-refractivity contribution in [3.8, 4) is 0 Å². The first-order valence-corrected chi connectivity index (χ1v) is 8.39. The molecule has 2 N–H and O–H groups in total. The van der Waals surface area contributed by atoms with E-state index in [1.807, 2.05) is 24.1 Å². The molecule has 0 spiro atoms. The van der Waals surface area contributed by atoms with Crippen molar-refractivity contribution < 1.29 is 4.79 Å². The summed E-state index contributed by atoms with van der Waals surface area (Å²) in [4.78, 5) is 13.6. The maximum Gasteiger partial charge on any atom is 0.252 e. The Morgan fingerprint density at radius 3 is 2.57 bits per heavy atom. The topological polar surface area (TPSA) is 72.1 Å². The maximum absolute atomic E-state index is 11.6. The molecule has 1 aromatic carbocycles. The summed E-state index contributed by atoms with van der Waals surface area (Å²) >= 11 is 9.28. The summed E-state index contributed by atoms with van der Waals surface area (Å²) in [5.74, 6) is -0.0950. The van der Waals surface area contributed by atoms with Crippen LogP contribution in [-0.4, -0.2) is 29.7 Å². The molecule has 1 aromatic heterocycles. The highest BCUT2D eigenvalue weighted by Gasteiger charge is 2.45. The molecule has 1 saturated carbocycles. The number of rotatable bonds is 5. The van der Waals surface area contributed by atoms with E-state index in [-0.39, 0.29) is 10.6 Å². The lowest BCUT2D eigenvalue weighted by Crippen LogP contribution is -2.32. The fourth-order valence-corrected chi connectivity index (χ4v) is 3.26. The first-order valence-electron chi connectivity index (χ1n) is 7.21. The van der Waals surface area contributed by atoms with Gasteiger partial charge < -0.3 is 10.6 Å². The van der Waals surface area contributed by atoms with Crippen LogP contribution in [-0.2, 0) is 5.41 Å². The smallest absolute Gasteiger partial charge is 0.252 e. The number of benzene rings is 1. The fourth-order valence-electron chi connectivity index (χ4n) is 2.85. The van der Waals surface area contributed by atoms with E-state index in [1.165, 1.54) is 11.6 Å². The molecular formula is C16H16BrClN4O. The van der Waals surface area contributed by atoms with Gasteiger partial charge in [-0.1, -0.05) is 39.7 Å². The highest BCUT2D eigenvalue weighted by atomic mass is 79.9. The first-order chi connectivity index (χ1) is 10.9. The molecule has 3 rings (SSSR count). The number of hydrogen-bond donors (Lipinski definition) is 1. The quantitative estimate of drug-likeness (QED) is 0.844. The van der Waals surface area contributed by atoms with E-state index in [1.54, 1.807) is 0 Å². The van der Waals surface area contributed by atoms with E-state index in [0.717, 1.165) is 23.9 Å². The standard InChI is InChI=1S/C16H16BrClN4O/c1-22(15-12(14(19)23)8-13(18)20-21-15)9-16(6-7-16)10-2-4-11(17)5-3-10/h2-5,8H,6-7,9H2,1H3,(H2,19,23). The average Bonchev–Trinajstić information content (AvgIpc) is 3.28. The first kappa shape index (κ1) is 16.2. The lowest BCUT2D eigenvalue weighted by Gasteiger charge is -2.26. The van der Waals surface area contributed by atoms with Crippen molar-refractivity contribution >= 4 is 39.3 Å². The van der Waals surface area contributed by atoms with E-state index >= 15 is 0 Å². The minimum Gasteiger partial charge on any atom is -0.365 e. The number of aromatic nitrogens is 2. The Morgan fingerprint density at radius 1 is 1.35 bits per heavy atom. The fraction of sp³-hybridized carbons (Fsp3) is 0.312. The predicted octanol–water partition coefficient (Wildman–Crippen LogP) is 3.16. The van der Waals surface area contributed by atoms with Gasteiger partial charge in [-0.15, -0.1) is 10.2 Å². The molecule has 2 aromatic rings. The summed E-state index contributed by atoms with van der Waals surface area (Å²) in [6, 6.07) is 9.82. The largest absolute Gasteiger partial charge is 0.365 e. The van der Waals surface area contributed by atoms with Crippen molar-refractivity contribution in [3.63, 3.8) is 0 Å². The van der Waals surface area contributed by atoms with Crippen molar-refractivity contribution in [2.24, 2.45) is 5.73 Å². The number of primary amides is 1. The molecule has 0 unspecified atom stereocenters. The molecule has 23 heavy (non-hydrogen) atoms. The summed E-state index contributed by atoms with van der Waals surface area (Å²) in [5, 5.41) is 8.05. The van der Waals surface area contributed by atoms with Gasteiger partial charge in [0.05, 0.1) is 5.56 Å².